The maximum Gasteiger partial charge on any atom is 0.253 e. The van der Waals surface area contributed by atoms with E-state index in [2.05, 4.69) is 16.8 Å². The summed E-state index contributed by atoms with van der Waals surface area (Å²) >= 11 is 0. The molecule has 1 aromatic carbocycles. The summed E-state index contributed by atoms with van der Waals surface area (Å²) in [5.41, 5.74) is 2.28. The molecule has 1 aromatic heterocycles. The van der Waals surface area contributed by atoms with Crippen LogP contribution in [-0.2, 0) is 6.42 Å². The Hall–Kier alpha value is -2.73. The second kappa shape index (κ2) is 9.46. The van der Waals surface area contributed by atoms with Crippen LogP contribution in [0.5, 0.6) is 0 Å². The maximum atomic E-state index is 12.8. The van der Waals surface area contributed by atoms with Crippen LogP contribution in [0.2, 0.25) is 0 Å². The fraction of sp³-hybridized carbons (Fsp3) is 0.409. The third kappa shape index (κ3) is 4.95. The molecular formula is C22H28N4O2. The highest BCUT2D eigenvalue weighted by atomic mass is 16.2. The SMILES string of the molecule is CCN1CCN(C(=O)c2cccc(C(=O)N(C)CCc3ccncc3)c2)CC1. The maximum absolute atomic E-state index is 12.8. The minimum absolute atomic E-state index is 0.00448. The van der Waals surface area contributed by atoms with Gasteiger partial charge in [0, 0.05) is 63.3 Å². The van der Waals surface area contributed by atoms with Crippen molar-refractivity contribution < 1.29 is 9.59 Å². The highest BCUT2D eigenvalue weighted by Crippen LogP contribution is 2.13. The van der Waals surface area contributed by atoms with Crippen LogP contribution in [0, 0.1) is 0 Å². The van der Waals surface area contributed by atoms with Gasteiger partial charge in [-0.3, -0.25) is 14.6 Å². The molecule has 2 heterocycles. The fourth-order valence-corrected chi connectivity index (χ4v) is 3.40. The van der Waals surface area contributed by atoms with Crippen LogP contribution >= 0.6 is 0 Å². The van der Waals surface area contributed by atoms with Gasteiger partial charge in [-0.2, -0.15) is 0 Å². The molecule has 0 atom stereocenters. The molecule has 0 bridgehead atoms. The van der Waals surface area contributed by atoms with Crippen LogP contribution in [0.4, 0.5) is 0 Å². The summed E-state index contributed by atoms with van der Waals surface area (Å²) in [5.74, 6) is -0.0654. The molecule has 1 saturated heterocycles. The fourth-order valence-electron chi connectivity index (χ4n) is 3.40. The van der Waals surface area contributed by atoms with E-state index < -0.39 is 0 Å². The Balaban J connectivity index is 1.61. The van der Waals surface area contributed by atoms with Crippen molar-refractivity contribution in [2.45, 2.75) is 13.3 Å². The first-order chi connectivity index (χ1) is 13.6. The minimum atomic E-state index is -0.0699. The van der Waals surface area contributed by atoms with Gasteiger partial charge in [0.25, 0.3) is 11.8 Å². The molecule has 0 unspecified atom stereocenters. The summed E-state index contributed by atoms with van der Waals surface area (Å²) in [5, 5.41) is 0. The van der Waals surface area contributed by atoms with Gasteiger partial charge in [0.2, 0.25) is 0 Å². The lowest BCUT2D eigenvalue weighted by atomic mass is 10.1. The third-order valence-electron chi connectivity index (χ3n) is 5.30. The van der Waals surface area contributed by atoms with E-state index in [9.17, 15) is 9.59 Å². The van der Waals surface area contributed by atoms with E-state index in [0.29, 0.717) is 17.7 Å². The van der Waals surface area contributed by atoms with E-state index >= 15 is 0 Å². The Kier molecular flexibility index (Phi) is 6.76. The Morgan fingerprint density at radius 1 is 1.04 bits per heavy atom. The largest absolute Gasteiger partial charge is 0.341 e. The summed E-state index contributed by atoms with van der Waals surface area (Å²) in [7, 11) is 1.79. The molecule has 1 fully saturated rings. The van der Waals surface area contributed by atoms with Gasteiger partial charge in [-0.1, -0.05) is 13.0 Å². The van der Waals surface area contributed by atoms with Gasteiger partial charge >= 0.3 is 0 Å². The molecule has 0 radical (unpaired) electrons. The Labute approximate surface area is 166 Å². The Bertz CT molecular complexity index is 801. The highest BCUT2D eigenvalue weighted by molar-refractivity contribution is 5.99. The van der Waals surface area contributed by atoms with E-state index in [4.69, 9.17) is 0 Å². The van der Waals surface area contributed by atoms with Gasteiger partial charge in [-0.15, -0.1) is 0 Å². The Morgan fingerprint density at radius 2 is 1.71 bits per heavy atom. The van der Waals surface area contributed by atoms with Crippen molar-refractivity contribution in [2.75, 3.05) is 46.3 Å². The van der Waals surface area contributed by atoms with Gasteiger partial charge in [-0.25, -0.2) is 0 Å². The number of nitrogens with zero attached hydrogens (tertiary/aromatic N) is 4. The molecule has 6 nitrogen and oxygen atoms in total. The smallest absolute Gasteiger partial charge is 0.253 e. The lowest BCUT2D eigenvalue weighted by molar-refractivity contribution is 0.0643. The lowest BCUT2D eigenvalue weighted by Crippen LogP contribution is -2.48. The number of amides is 2. The molecule has 0 saturated carbocycles. The molecule has 0 N–H and O–H groups in total. The quantitative estimate of drug-likeness (QED) is 0.771. The average molecular weight is 380 g/mol. The van der Waals surface area contributed by atoms with Gasteiger partial charge in [0.05, 0.1) is 0 Å². The molecule has 1 aliphatic rings. The molecule has 148 valence electrons. The standard InChI is InChI=1S/C22H28N4O2/c1-3-25-13-15-26(16-14-25)22(28)20-6-4-5-19(17-20)21(27)24(2)12-9-18-7-10-23-11-8-18/h4-8,10-11,17H,3,9,12-16H2,1-2H3. The van der Waals surface area contributed by atoms with E-state index in [-0.39, 0.29) is 11.8 Å². The van der Waals surface area contributed by atoms with Crippen LogP contribution in [0.3, 0.4) is 0 Å². The van der Waals surface area contributed by atoms with Crippen LogP contribution in [0.15, 0.2) is 48.8 Å². The van der Waals surface area contributed by atoms with Crippen molar-refractivity contribution in [3.63, 3.8) is 0 Å². The number of carbonyl (C=O) groups is 2. The number of hydrogen-bond donors (Lipinski definition) is 0. The van der Waals surface area contributed by atoms with Crippen LogP contribution in [0.1, 0.15) is 33.2 Å². The van der Waals surface area contributed by atoms with Gasteiger partial charge in [0.1, 0.15) is 0 Å². The summed E-state index contributed by atoms with van der Waals surface area (Å²) in [6.07, 6.45) is 4.28. The molecule has 0 spiro atoms. The number of rotatable bonds is 6. The normalized spacial score (nSPS) is 14.7. The van der Waals surface area contributed by atoms with Crippen molar-refractivity contribution in [3.05, 3.63) is 65.5 Å². The van der Waals surface area contributed by atoms with E-state index in [1.807, 2.05) is 17.0 Å². The van der Waals surface area contributed by atoms with E-state index in [1.54, 1.807) is 48.6 Å². The zero-order valence-electron chi connectivity index (χ0n) is 16.7. The molecule has 0 aliphatic carbocycles. The number of piperazine rings is 1. The van der Waals surface area contributed by atoms with E-state index in [1.165, 1.54) is 0 Å². The van der Waals surface area contributed by atoms with Crippen molar-refractivity contribution in [1.29, 1.82) is 0 Å². The van der Waals surface area contributed by atoms with Gasteiger partial charge in [-0.05, 0) is 48.9 Å². The van der Waals surface area contributed by atoms with Crippen LogP contribution < -0.4 is 0 Å². The molecule has 1 aliphatic heterocycles. The topological polar surface area (TPSA) is 56.8 Å². The molecule has 2 amide bonds. The number of aromatic nitrogens is 1. The average Bonchev–Trinajstić information content (AvgIpc) is 2.77. The minimum Gasteiger partial charge on any atom is -0.341 e. The predicted molar refractivity (Wildman–Crippen MR) is 109 cm³/mol. The predicted octanol–water partition coefficient (Wildman–Crippen LogP) is 2.17. The number of likely N-dealkylation sites (N-methyl/N-ethyl adjacent to an activating group) is 2. The molecule has 3 rings (SSSR count). The summed E-state index contributed by atoms with van der Waals surface area (Å²) in [6.45, 7) is 7.03. The third-order valence-corrected chi connectivity index (χ3v) is 5.30. The second-order valence-corrected chi connectivity index (χ2v) is 7.14. The summed E-state index contributed by atoms with van der Waals surface area (Å²) in [4.78, 5) is 35.5. The first-order valence-electron chi connectivity index (χ1n) is 9.84. The zero-order valence-corrected chi connectivity index (χ0v) is 16.7. The summed E-state index contributed by atoms with van der Waals surface area (Å²) in [6, 6.07) is 11.0. The number of pyridine rings is 1. The summed E-state index contributed by atoms with van der Waals surface area (Å²) < 4.78 is 0. The first-order valence-corrected chi connectivity index (χ1v) is 9.84. The lowest BCUT2D eigenvalue weighted by Gasteiger charge is -2.34. The zero-order chi connectivity index (χ0) is 19.9. The van der Waals surface area contributed by atoms with Crippen LogP contribution in [-0.4, -0.2) is 77.8 Å². The van der Waals surface area contributed by atoms with Crippen molar-refractivity contribution >= 4 is 11.8 Å². The van der Waals surface area contributed by atoms with Crippen molar-refractivity contribution in [1.82, 2.24) is 19.7 Å². The Morgan fingerprint density at radius 3 is 2.39 bits per heavy atom. The molecule has 6 heteroatoms. The van der Waals surface area contributed by atoms with Gasteiger partial charge in [0.15, 0.2) is 0 Å². The number of benzene rings is 1. The molecule has 28 heavy (non-hydrogen) atoms. The first kappa shape index (κ1) is 20.0. The highest BCUT2D eigenvalue weighted by Gasteiger charge is 2.22. The van der Waals surface area contributed by atoms with Gasteiger partial charge < -0.3 is 14.7 Å². The number of hydrogen-bond acceptors (Lipinski definition) is 4. The molecule has 2 aromatic rings. The van der Waals surface area contributed by atoms with E-state index in [0.717, 1.165) is 44.7 Å². The van der Waals surface area contributed by atoms with Crippen molar-refractivity contribution in [3.8, 4) is 0 Å². The molecular weight excluding hydrogens is 352 g/mol. The monoisotopic (exact) mass is 380 g/mol. The second-order valence-electron chi connectivity index (χ2n) is 7.14. The van der Waals surface area contributed by atoms with Crippen LogP contribution in [0.25, 0.3) is 0 Å². The number of carbonyl (C=O) groups excluding carboxylic acids is 2. The van der Waals surface area contributed by atoms with Crippen molar-refractivity contribution in [2.24, 2.45) is 0 Å².